The van der Waals surface area contributed by atoms with Gasteiger partial charge in [-0.2, -0.15) is 0 Å². The van der Waals surface area contributed by atoms with Gasteiger partial charge in [0.2, 0.25) is 5.91 Å². The van der Waals surface area contributed by atoms with Crippen LogP contribution in [-0.2, 0) is 14.8 Å². The minimum absolute atomic E-state index is 0.0153. The van der Waals surface area contributed by atoms with Gasteiger partial charge in [-0.15, -0.1) is 11.8 Å². The third-order valence-corrected chi connectivity index (χ3v) is 6.26. The minimum Gasteiger partial charge on any atom is -0.350 e. The highest BCUT2D eigenvalue weighted by atomic mass is 32.2. The van der Waals surface area contributed by atoms with Crippen LogP contribution in [0.2, 0.25) is 0 Å². The molecule has 0 aromatic heterocycles. The van der Waals surface area contributed by atoms with Gasteiger partial charge in [-0.05, 0) is 50.4 Å². The third kappa shape index (κ3) is 5.99. The van der Waals surface area contributed by atoms with Crippen molar-refractivity contribution in [3.05, 3.63) is 48.0 Å². The molecule has 7 nitrogen and oxygen atoms in total. The lowest BCUT2D eigenvalue weighted by Crippen LogP contribution is -2.31. The van der Waals surface area contributed by atoms with E-state index in [1.165, 1.54) is 30.0 Å². The lowest BCUT2D eigenvalue weighted by molar-refractivity contribution is -0.118. The molecule has 2 aromatic carbocycles. The quantitative estimate of drug-likeness (QED) is 0.530. The first kappa shape index (κ1) is 23.8. The second-order valence-electron chi connectivity index (χ2n) is 7.29. The van der Waals surface area contributed by atoms with Crippen molar-refractivity contribution in [1.82, 2.24) is 5.32 Å². The summed E-state index contributed by atoms with van der Waals surface area (Å²) in [5.41, 5.74) is 0.830. The summed E-state index contributed by atoms with van der Waals surface area (Å²) < 4.78 is 28.5. The van der Waals surface area contributed by atoms with Crippen molar-refractivity contribution in [2.75, 3.05) is 16.3 Å². The second kappa shape index (κ2) is 9.99. The zero-order valence-electron chi connectivity index (χ0n) is 17.6. The Morgan fingerprint density at radius 2 is 1.63 bits per heavy atom. The fourth-order valence-corrected chi connectivity index (χ4v) is 4.18. The van der Waals surface area contributed by atoms with Gasteiger partial charge in [-0.1, -0.05) is 26.0 Å². The molecule has 0 spiro atoms. The van der Waals surface area contributed by atoms with E-state index in [0.29, 0.717) is 5.69 Å². The highest BCUT2D eigenvalue weighted by Gasteiger charge is 2.21. The van der Waals surface area contributed by atoms with E-state index >= 15 is 0 Å². The average molecular weight is 450 g/mol. The molecule has 0 heterocycles. The first-order valence-corrected chi connectivity index (χ1v) is 12.2. The summed E-state index contributed by atoms with van der Waals surface area (Å²) in [5.74, 6) is -0.820. The number of carbonyl (C=O) groups excluding carboxylic acids is 2. The Balaban J connectivity index is 2.39. The Morgan fingerprint density at radius 1 is 0.967 bits per heavy atom. The molecule has 0 unspecified atom stereocenters. The van der Waals surface area contributed by atoms with Gasteiger partial charge >= 0.3 is 0 Å². The molecule has 2 rings (SSSR count). The first-order chi connectivity index (χ1) is 14.0. The number of rotatable bonds is 8. The number of hydrogen-bond acceptors (Lipinski definition) is 5. The summed E-state index contributed by atoms with van der Waals surface area (Å²) in [4.78, 5) is 25.3. The van der Waals surface area contributed by atoms with Crippen molar-refractivity contribution in [3.63, 3.8) is 0 Å². The minimum atomic E-state index is -3.99. The predicted octanol–water partition coefficient (Wildman–Crippen LogP) is 3.94. The molecule has 0 saturated carbocycles. The maximum Gasteiger partial charge on any atom is 0.261 e. The summed E-state index contributed by atoms with van der Waals surface area (Å²) >= 11 is 1.40. The van der Waals surface area contributed by atoms with Crippen molar-refractivity contribution in [2.24, 2.45) is 5.92 Å². The summed E-state index contributed by atoms with van der Waals surface area (Å²) in [7, 11) is -3.99. The van der Waals surface area contributed by atoms with Crippen molar-refractivity contribution >= 4 is 45.0 Å². The molecular formula is C21H27N3O4S2. The van der Waals surface area contributed by atoms with E-state index < -0.39 is 10.0 Å². The third-order valence-electron chi connectivity index (χ3n) is 4.10. The number of anilines is 2. The van der Waals surface area contributed by atoms with Gasteiger partial charge in [0, 0.05) is 16.9 Å². The molecule has 2 aromatic rings. The van der Waals surface area contributed by atoms with E-state index in [-0.39, 0.29) is 39.9 Å². The largest absolute Gasteiger partial charge is 0.350 e. The Bertz CT molecular complexity index is 1030. The zero-order chi connectivity index (χ0) is 22.5. The molecule has 9 heteroatoms. The number of amides is 2. The van der Waals surface area contributed by atoms with Gasteiger partial charge in [0.25, 0.3) is 15.9 Å². The highest BCUT2D eigenvalue weighted by molar-refractivity contribution is 7.98. The van der Waals surface area contributed by atoms with Crippen LogP contribution in [0, 0.1) is 5.92 Å². The molecule has 0 aliphatic heterocycles. The Morgan fingerprint density at radius 3 is 2.23 bits per heavy atom. The van der Waals surface area contributed by atoms with Crippen LogP contribution in [0.15, 0.2) is 52.3 Å². The molecule has 0 atom stereocenters. The lowest BCUT2D eigenvalue weighted by Gasteiger charge is -2.16. The smallest absolute Gasteiger partial charge is 0.261 e. The number of sulfonamides is 1. The average Bonchev–Trinajstić information content (AvgIpc) is 2.67. The van der Waals surface area contributed by atoms with E-state index in [1.807, 2.05) is 20.1 Å². The molecular weight excluding hydrogens is 422 g/mol. The van der Waals surface area contributed by atoms with Crippen LogP contribution in [0.1, 0.15) is 38.1 Å². The predicted molar refractivity (Wildman–Crippen MR) is 122 cm³/mol. The molecule has 2 amide bonds. The van der Waals surface area contributed by atoms with Crippen molar-refractivity contribution in [3.8, 4) is 0 Å². The van der Waals surface area contributed by atoms with Gasteiger partial charge in [-0.25, -0.2) is 8.42 Å². The Hall–Kier alpha value is -2.52. The van der Waals surface area contributed by atoms with Crippen LogP contribution >= 0.6 is 11.8 Å². The summed E-state index contributed by atoms with van der Waals surface area (Å²) in [6.45, 7) is 7.17. The van der Waals surface area contributed by atoms with Crippen LogP contribution in [0.5, 0.6) is 0 Å². The maximum atomic E-state index is 13.0. The topological polar surface area (TPSA) is 104 Å². The lowest BCUT2D eigenvalue weighted by atomic mass is 10.1. The number of benzene rings is 2. The molecule has 0 saturated heterocycles. The number of hydrogen-bond donors (Lipinski definition) is 3. The molecule has 3 N–H and O–H groups in total. The molecule has 0 radical (unpaired) electrons. The molecule has 30 heavy (non-hydrogen) atoms. The molecule has 0 bridgehead atoms. The van der Waals surface area contributed by atoms with Crippen LogP contribution < -0.4 is 15.4 Å². The van der Waals surface area contributed by atoms with Gasteiger partial charge in [0.05, 0.1) is 21.8 Å². The van der Waals surface area contributed by atoms with Gasteiger partial charge in [0.1, 0.15) is 0 Å². The standard InChI is InChI=1S/C21H27N3O4S2/c1-13(2)20(25)23-18-12-15(10-11-19(18)29-5)30(27,28)24-17-9-7-6-8-16(17)21(26)22-14(3)4/h6-14,24H,1-5H3,(H,22,26)(H,23,25). The number of nitrogens with one attached hydrogen (secondary N) is 3. The van der Waals surface area contributed by atoms with E-state index in [2.05, 4.69) is 15.4 Å². The zero-order valence-corrected chi connectivity index (χ0v) is 19.3. The molecule has 0 aliphatic rings. The van der Waals surface area contributed by atoms with Gasteiger partial charge in [0.15, 0.2) is 0 Å². The highest BCUT2D eigenvalue weighted by Crippen LogP contribution is 2.30. The van der Waals surface area contributed by atoms with E-state index in [1.54, 1.807) is 38.1 Å². The molecule has 0 aliphatic carbocycles. The number of para-hydroxylation sites is 1. The molecule has 162 valence electrons. The monoisotopic (exact) mass is 449 g/mol. The van der Waals surface area contributed by atoms with Gasteiger partial charge < -0.3 is 10.6 Å². The van der Waals surface area contributed by atoms with Crippen molar-refractivity contribution < 1.29 is 18.0 Å². The first-order valence-electron chi connectivity index (χ1n) is 9.46. The second-order valence-corrected chi connectivity index (χ2v) is 9.82. The number of thioether (sulfide) groups is 1. The summed E-state index contributed by atoms with van der Waals surface area (Å²) in [5, 5.41) is 5.53. The SMILES string of the molecule is CSc1ccc(S(=O)(=O)Nc2ccccc2C(=O)NC(C)C)cc1NC(=O)C(C)C. The van der Waals surface area contributed by atoms with E-state index in [9.17, 15) is 18.0 Å². The normalized spacial score (nSPS) is 11.4. The fraction of sp³-hybridized carbons (Fsp3) is 0.333. The summed E-state index contributed by atoms with van der Waals surface area (Å²) in [6.07, 6.45) is 1.84. The van der Waals surface area contributed by atoms with Gasteiger partial charge in [-0.3, -0.25) is 14.3 Å². The Labute approximate surface area is 182 Å². The van der Waals surface area contributed by atoms with E-state index in [4.69, 9.17) is 0 Å². The van der Waals surface area contributed by atoms with Crippen LogP contribution in [-0.4, -0.2) is 32.5 Å². The van der Waals surface area contributed by atoms with Crippen LogP contribution in [0.25, 0.3) is 0 Å². The van der Waals surface area contributed by atoms with E-state index in [0.717, 1.165) is 4.90 Å². The molecule has 0 fully saturated rings. The Kier molecular flexibility index (Phi) is 7.91. The van der Waals surface area contributed by atoms with Crippen LogP contribution in [0.4, 0.5) is 11.4 Å². The maximum absolute atomic E-state index is 13.0. The van der Waals surface area contributed by atoms with Crippen molar-refractivity contribution in [1.29, 1.82) is 0 Å². The summed E-state index contributed by atoms with van der Waals surface area (Å²) in [6, 6.07) is 10.8. The van der Waals surface area contributed by atoms with Crippen LogP contribution in [0.3, 0.4) is 0 Å². The van der Waals surface area contributed by atoms with Crippen molar-refractivity contribution in [2.45, 2.75) is 43.5 Å². The number of carbonyl (C=O) groups is 2. The fourth-order valence-electron chi connectivity index (χ4n) is 2.54.